The predicted octanol–water partition coefficient (Wildman–Crippen LogP) is 3.83. The molecule has 6 heteroatoms. The Kier molecular flexibility index (Phi) is 6.26. The van der Waals surface area contributed by atoms with Crippen LogP contribution in [0.4, 0.5) is 5.13 Å². The molecule has 25 heavy (non-hydrogen) atoms. The van der Waals surface area contributed by atoms with E-state index in [1.54, 1.807) is 11.3 Å². The van der Waals surface area contributed by atoms with Gasteiger partial charge in [-0.2, -0.15) is 0 Å². The molecule has 136 valence electrons. The highest BCUT2D eigenvalue weighted by Crippen LogP contribution is 2.31. The van der Waals surface area contributed by atoms with Crippen molar-refractivity contribution >= 4 is 32.6 Å². The summed E-state index contributed by atoms with van der Waals surface area (Å²) in [7, 11) is 0. The minimum Gasteiger partial charge on any atom is -0.379 e. The highest BCUT2D eigenvalue weighted by Gasteiger charge is 2.16. The number of thiazole rings is 1. The van der Waals surface area contributed by atoms with Crippen molar-refractivity contribution in [3.05, 3.63) is 23.8 Å². The first-order valence-corrected chi connectivity index (χ1v) is 10.0. The Morgan fingerprint density at radius 1 is 1.32 bits per heavy atom. The molecule has 0 aliphatic carbocycles. The van der Waals surface area contributed by atoms with Crippen molar-refractivity contribution in [2.24, 2.45) is 0 Å². The molecule has 2 aromatic rings. The molecule has 1 N–H and O–H groups in total. The van der Waals surface area contributed by atoms with E-state index in [9.17, 15) is 4.79 Å². The Morgan fingerprint density at radius 3 is 2.88 bits per heavy atom. The quantitative estimate of drug-likeness (QED) is 0.762. The summed E-state index contributed by atoms with van der Waals surface area (Å²) in [6.07, 6.45) is 4.85. The standard InChI is InChI=1S/C19H27N3O2S/c1-14(2)24-12-6-9-20-18(23)15-7-8-16-17(13-15)25-19(21-16)22-10-4-3-5-11-22/h7-8,13-14H,3-6,9-12H2,1-2H3,(H,20,23). The molecule has 1 amide bonds. The first-order chi connectivity index (χ1) is 12.1. The molecular formula is C19H27N3O2S. The Morgan fingerprint density at radius 2 is 2.12 bits per heavy atom. The number of aromatic nitrogens is 1. The number of nitrogens with zero attached hydrogens (tertiary/aromatic N) is 2. The van der Waals surface area contributed by atoms with E-state index in [4.69, 9.17) is 9.72 Å². The van der Waals surface area contributed by atoms with Gasteiger partial charge < -0.3 is 15.0 Å². The molecule has 0 bridgehead atoms. The maximum absolute atomic E-state index is 12.3. The number of ether oxygens (including phenoxy) is 1. The zero-order chi connectivity index (χ0) is 17.6. The lowest BCUT2D eigenvalue weighted by molar-refractivity contribution is 0.0757. The number of carbonyl (C=O) groups is 1. The molecule has 0 unspecified atom stereocenters. The molecule has 5 nitrogen and oxygen atoms in total. The van der Waals surface area contributed by atoms with Gasteiger partial charge >= 0.3 is 0 Å². The Labute approximate surface area is 153 Å². The van der Waals surface area contributed by atoms with Crippen LogP contribution in [0.25, 0.3) is 10.2 Å². The van der Waals surface area contributed by atoms with Crippen LogP contribution in [0.5, 0.6) is 0 Å². The largest absolute Gasteiger partial charge is 0.379 e. The van der Waals surface area contributed by atoms with Crippen molar-refractivity contribution in [2.45, 2.75) is 45.6 Å². The van der Waals surface area contributed by atoms with Crippen LogP contribution >= 0.6 is 11.3 Å². The monoisotopic (exact) mass is 361 g/mol. The summed E-state index contributed by atoms with van der Waals surface area (Å²) in [5.41, 5.74) is 1.68. The van der Waals surface area contributed by atoms with Crippen LogP contribution in [0.1, 0.15) is 49.9 Å². The van der Waals surface area contributed by atoms with E-state index in [1.165, 1.54) is 19.3 Å². The summed E-state index contributed by atoms with van der Waals surface area (Å²) in [6, 6.07) is 5.78. The third-order valence-electron chi connectivity index (χ3n) is 4.32. The number of fused-ring (bicyclic) bond motifs is 1. The van der Waals surface area contributed by atoms with Crippen molar-refractivity contribution in [1.82, 2.24) is 10.3 Å². The number of hydrogen-bond donors (Lipinski definition) is 1. The highest BCUT2D eigenvalue weighted by atomic mass is 32.1. The number of hydrogen-bond acceptors (Lipinski definition) is 5. The number of rotatable bonds is 7. The minimum absolute atomic E-state index is 0.0284. The van der Waals surface area contributed by atoms with Crippen LogP contribution < -0.4 is 10.2 Å². The fraction of sp³-hybridized carbons (Fsp3) is 0.579. The van der Waals surface area contributed by atoms with Crippen LogP contribution in [0.2, 0.25) is 0 Å². The van der Waals surface area contributed by atoms with Crippen molar-refractivity contribution in [3.8, 4) is 0 Å². The molecule has 1 saturated heterocycles. The highest BCUT2D eigenvalue weighted by molar-refractivity contribution is 7.22. The van der Waals surface area contributed by atoms with E-state index in [0.29, 0.717) is 18.7 Å². The second kappa shape index (κ2) is 8.63. The van der Waals surface area contributed by atoms with Crippen molar-refractivity contribution in [2.75, 3.05) is 31.1 Å². The van der Waals surface area contributed by atoms with E-state index in [0.717, 1.165) is 34.9 Å². The average Bonchev–Trinajstić information content (AvgIpc) is 3.05. The smallest absolute Gasteiger partial charge is 0.251 e. The average molecular weight is 362 g/mol. The maximum Gasteiger partial charge on any atom is 0.251 e. The van der Waals surface area contributed by atoms with Gasteiger partial charge in [-0.3, -0.25) is 4.79 Å². The second-order valence-corrected chi connectivity index (χ2v) is 7.76. The van der Waals surface area contributed by atoms with Crippen LogP contribution in [0.3, 0.4) is 0 Å². The van der Waals surface area contributed by atoms with Gasteiger partial charge in [0.25, 0.3) is 5.91 Å². The van der Waals surface area contributed by atoms with Gasteiger partial charge in [0, 0.05) is 31.8 Å². The van der Waals surface area contributed by atoms with Crippen molar-refractivity contribution in [3.63, 3.8) is 0 Å². The van der Waals surface area contributed by atoms with Gasteiger partial charge in [-0.1, -0.05) is 11.3 Å². The first kappa shape index (κ1) is 18.1. The Balaban J connectivity index is 1.59. The molecular weight excluding hydrogens is 334 g/mol. The molecule has 0 spiro atoms. The van der Waals surface area contributed by atoms with Gasteiger partial charge in [0.15, 0.2) is 5.13 Å². The van der Waals surface area contributed by atoms with E-state index in [-0.39, 0.29) is 12.0 Å². The van der Waals surface area contributed by atoms with E-state index in [2.05, 4.69) is 10.2 Å². The summed E-state index contributed by atoms with van der Waals surface area (Å²) in [5.74, 6) is -0.0284. The molecule has 1 aliphatic rings. The molecule has 0 atom stereocenters. The zero-order valence-electron chi connectivity index (χ0n) is 15.1. The zero-order valence-corrected chi connectivity index (χ0v) is 15.9. The predicted molar refractivity (Wildman–Crippen MR) is 104 cm³/mol. The number of benzene rings is 1. The van der Waals surface area contributed by atoms with Gasteiger partial charge in [-0.25, -0.2) is 4.98 Å². The molecule has 1 fully saturated rings. The lowest BCUT2D eigenvalue weighted by atomic mass is 10.1. The summed E-state index contributed by atoms with van der Waals surface area (Å²) in [4.78, 5) is 19.4. The van der Waals surface area contributed by atoms with E-state index >= 15 is 0 Å². The topological polar surface area (TPSA) is 54.5 Å². The van der Waals surface area contributed by atoms with Crippen LogP contribution in [-0.2, 0) is 4.74 Å². The Hall–Kier alpha value is -1.66. The van der Waals surface area contributed by atoms with Crippen LogP contribution in [-0.4, -0.2) is 43.2 Å². The second-order valence-electron chi connectivity index (χ2n) is 6.76. The summed E-state index contributed by atoms with van der Waals surface area (Å²) in [6.45, 7) is 7.51. The summed E-state index contributed by atoms with van der Waals surface area (Å²) < 4.78 is 6.56. The fourth-order valence-corrected chi connectivity index (χ4v) is 4.03. The van der Waals surface area contributed by atoms with E-state index in [1.807, 2.05) is 32.0 Å². The maximum atomic E-state index is 12.3. The van der Waals surface area contributed by atoms with Crippen molar-refractivity contribution < 1.29 is 9.53 Å². The molecule has 0 saturated carbocycles. The molecule has 1 aromatic heterocycles. The molecule has 1 aliphatic heterocycles. The Bertz CT molecular complexity index is 708. The van der Waals surface area contributed by atoms with Gasteiger partial charge in [0.1, 0.15) is 0 Å². The van der Waals surface area contributed by atoms with Crippen molar-refractivity contribution in [1.29, 1.82) is 0 Å². The minimum atomic E-state index is -0.0284. The van der Waals surface area contributed by atoms with Gasteiger partial charge in [0.2, 0.25) is 0 Å². The number of anilines is 1. The summed E-state index contributed by atoms with van der Waals surface area (Å²) in [5, 5.41) is 4.04. The van der Waals surface area contributed by atoms with E-state index < -0.39 is 0 Å². The lowest BCUT2D eigenvalue weighted by Crippen LogP contribution is -2.29. The lowest BCUT2D eigenvalue weighted by Gasteiger charge is -2.25. The van der Waals surface area contributed by atoms with Gasteiger partial charge in [-0.05, 0) is 57.7 Å². The number of nitrogens with one attached hydrogen (secondary N) is 1. The number of amides is 1. The fourth-order valence-electron chi connectivity index (χ4n) is 2.97. The first-order valence-electron chi connectivity index (χ1n) is 9.19. The third kappa shape index (κ3) is 4.92. The number of carbonyl (C=O) groups excluding carboxylic acids is 1. The molecule has 0 radical (unpaired) electrons. The molecule has 3 rings (SSSR count). The van der Waals surface area contributed by atoms with Gasteiger partial charge in [-0.15, -0.1) is 0 Å². The molecule has 1 aromatic carbocycles. The molecule has 2 heterocycles. The third-order valence-corrected chi connectivity index (χ3v) is 5.40. The SMILES string of the molecule is CC(C)OCCCNC(=O)c1ccc2nc(N3CCCCC3)sc2c1. The normalized spacial score (nSPS) is 15.1. The summed E-state index contributed by atoms with van der Waals surface area (Å²) >= 11 is 1.69. The van der Waals surface area contributed by atoms with Crippen LogP contribution in [0.15, 0.2) is 18.2 Å². The number of piperidine rings is 1. The van der Waals surface area contributed by atoms with Crippen LogP contribution in [0, 0.1) is 0 Å². The van der Waals surface area contributed by atoms with Gasteiger partial charge in [0.05, 0.1) is 16.3 Å².